The Balaban J connectivity index is 2.89. The number of aromatic nitrogens is 1. The second kappa shape index (κ2) is 7.13. The van der Waals surface area contributed by atoms with Crippen molar-refractivity contribution in [1.82, 2.24) is 4.98 Å². The molecule has 27 heavy (non-hydrogen) atoms. The van der Waals surface area contributed by atoms with Crippen molar-refractivity contribution < 1.29 is 4.74 Å². The van der Waals surface area contributed by atoms with E-state index in [4.69, 9.17) is 16.3 Å². The molecule has 0 bridgehead atoms. The van der Waals surface area contributed by atoms with E-state index in [1.54, 1.807) is 7.11 Å². The molecule has 1 aromatic carbocycles. The van der Waals surface area contributed by atoms with E-state index in [1.165, 1.54) is 11.1 Å². The highest BCUT2D eigenvalue weighted by Gasteiger charge is 2.27. The van der Waals surface area contributed by atoms with E-state index in [9.17, 15) is 0 Å². The number of nitrogens with zero attached hydrogens (tertiary/aromatic N) is 1. The second-order valence-electron chi connectivity index (χ2n) is 10.4. The highest BCUT2D eigenvalue weighted by molar-refractivity contribution is 6.29. The van der Waals surface area contributed by atoms with Crippen molar-refractivity contribution in [3.63, 3.8) is 0 Å². The molecule has 0 N–H and O–H groups in total. The molecular weight excluding hydrogens is 354 g/mol. The zero-order chi connectivity index (χ0) is 20.8. The number of ether oxygens (including phenoxy) is 1. The molecule has 0 unspecified atom stereocenters. The van der Waals surface area contributed by atoms with Crippen LogP contribution < -0.4 is 4.74 Å². The van der Waals surface area contributed by atoms with E-state index in [0.29, 0.717) is 5.15 Å². The van der Waals surface area contributed by atoms with Gasteiger partial charge in [-0.2, -0.15) is 0 Å². The van der Waals surface area contributed by atoms with Gasteiger partial charge in [0.1, 0.15) is 10.9 Å². The van der Waals surface area contributed by atoms with E-state index in [1.807, 2.05) is 6.07 Å². The topological polar surface area (TPSA) is 22.1 Å². The van der Waals surface area contributed by atoms with Crippen molar-refractivity contribution in [3.8, 4) is 17.0 Å². The van der Waals surface area contributed by atoms with Crippen LogP contribution in [0.15, 0.2) is 24.3 Å². The molecule has 0 amide bonds. The van der Waals surface area contributed by atoms with Crippen LogP contribution in [-0.4, -0.2) is 12.1 Å². The third kappa shape index (κ3) is 4.85. The zero-order valence-corrected chi connectivity index (χ0v) is 19.3. The van der Waals surface area contributed by atoms with Gasteiger partial charge in [0.05, 0.1) is 12.8 Å². The first kappa shape index (κ1) is 21.8. The maximum Gasteiger partial charge on any atom is 0.131 e. The second-order valence-corrected chi connectivity index (χ2v) is 10.8. The molecule has 0 atom stereocenters. The molecule has 0 fully saturated rings. The van der Waals surface area contributed by atoms with E-state index in [-0.39, 0.29) is 16.2 Å². The molecule has 0 aliphatic heterocycles. The van der Waals surface area contributed by atoms with E-state index in [0.717, 1.165) is 22.6 Å². The monoisotopic (exact) mass is 387 g/mol. The fourth-order valence-corrected chi connectivity index (χ4v) is 3.31. The number of hydrogen-bond donors (Lipinski definition) is 0. The summed E-state index contributed by atoms with van der Waals surface area (Å²) in [6.07, 6.45) is 0. The van der Waals surface area contributed by atoms with Crippen molar-refractivity contribution in [2.45, 2.75) is 78.6 Å². The molecule has 2 aromatic rings. The van der Waals surface area contributed by atoms with Crippen LogP contribution in [-0.2, 0) is 16.2 Å². The molecule has 1 aromatic heterocycles. The van der Waals surface area contributed by atoms with Crippen molar-refractivity contribution in [2.75, 3.05) is 7.11 Å². The summed E-state index contributed by atoms with van der Waals surface area (Å²) < 4.78 is 5.91. The van der Waals surface area contributed by atoms with E-state index in [2.05, 4.69) is 85.5 Å². The standard InChI is InChI=1S/C24H34ClNO/c1-22(2,3)15-11-17(21(27-10)18(12-15)24(7,8)9)19-13-16(23(4,5)6)14-20(25)26-19/h11-14H,1-10H3. The largest absolute Gasteiger partial charge is 0.496 e. The van der Waals surface area contributed by atoms with Gasteiger partial charge in [0.25, 0.3) is 0 Å². The smallest absolute Gasteiger partial charge is 0.131 e. The van der Waals surface area contributed by atoms with Crippen LogP contribution >= 0.6 is 11.6 Å². The van der Waals surface area contributed by atoms with Crippen LogP contribution in [0.1, 0.15) is 79.0 Å². The zero-order valence-electron chi connectivity index (χ0n) is 18.5. The molecule has 0 saturated carbocycles. The highest BCUT2D eigenvalue weighted by atomic mass is 35.5. The minimum absolute atomic E-state index is 0.0109. The Labute approximate surface area is 170 Å². The van der Waals surface area contributed by atoms with Gasteiger partial charge in [-0.1, -0.05) is 80.0 Å². The van der Waals surface area contributed by atoms with Crippen molar-refractivity contribution >= 4 is 11.6 Å². The lowest BCUT2D eigenvalue weighted by atomic mass is 9.78. The van der Waals surface area contributed by atoms with Gasteiger partial charge in [0.2, 0.25) is 0 Å². The summed E-state index contributed by atoms with van der Waals surface area (Å²) in [5.41, 5.74) is 5.44. The Hall–Kier alpha value is -1.54. The maximum atomic E-state index is 6.41. The van der Waals surface area contributed by atoms with Gasteiger partial charge in [-0.15, -0.1) is 0 Å². The number of methoxy groups -OCH3 is 1. The molecule has 148 valence electrons. The summed E-state index contributed by atoms with van der Waals surface area (Å²) in [5.74, 6) is 0.880. The number of halogens is 1. The van der Waals surface area contributed by atoms with E-state index < -0.39 is 0 Å². The SMILES string of the molecule is COc1c(-c2cc(C(C)(C)C)cc(Cl)n2)cc(C(C)(C)C)cc1C(C)(C)C. The minimum Gasteiger partial charge on any atom is -0.496 e. The lowest BCUT2D eigenvalue weighted by Crippen LogP contribution is -2.18. The third-order valence-electron chi connectivity index (χ3n) is 4.90. The molecule has 0 saturated heterocycles. The molecule has 1 heterocycles. The average molecular weight is 388 g/mol. The summed E-state index contributed by atoms with van der Waals surface area (Å²) in [5, 5.41) is 0.512. The van der Waals surface area contributed by atoms with Gasteiger partial charge in [-0.05, 0) is 45.6 Å². The molecule has 0 spiro atoms. The summed E-state index contributed by atoms with van der Waals surface area (Å²) in [6.45, 7) is 19.9. The first-order valence-electron chi connectivity index (χ1n) is 9.56. The predicted molar refractivity (Wildman–Crippen MR) is 117 cm³/mol. The minimum atomic E-state index is -0.0488. The third-order valence-corrected chi connectivity index (χ3v) is 5.10. The number of hydrogen-bond acceptors (Lipinski definition) is 2. The van der Waals surface area contributed by atoms with Crippen molar-refractivity contribution in [2.24, 2.45) is 0 Å². The summed E-state index contributed by atoms with van der Waals surface area (Å²) >= 11 is 6.41. The average Bonchev–Trinajstić information content (AvgIpc) is 2.50. The molecule has 0 aliphatic rings. The van der Waals surface area contributed by atoms with Crippen molar-refractivity contribution in [1.29, 1.82) is 0 Å². The van der Waals surface area contributed by atoms with Gasteiger partial charge in [0, 0.05) is 11.1 Å². The molecule has 2 nitrogen and oxygen atoms in total. The van der Waals surface area contributed by atoms with Crippen LogP contribution in [0.2, 0.25) is 5.15 Å². The number of pyridine rings is 1. The van der Waals surface area contributed by atoms with Crippen LogP contribution in [0.3, 0.4) is 0 Å². The maximum absolute atomic E-state index is 6.41. The normalized spacial score (nSPS) is 13.0. The Kier molecular flexibility index (Phi) is 5.74. The highest BCUT2D eigenvalue weighted by Crippen LogP contribution is 2.43. The number of rotatable bonds is 2. The molecule has 2 rings (SSSR count). The fraction of sp³-hybridized carbons (Fsp3) is 0.542. The Bertz CT molecular complexity index is 833. The Morgan fingerprint density at radius 1 is 0.741 bits per heavy atom. The van der Waals surface area contributed by atoms with Gasteiger partial charge in [0.15, 0.2) is 0 Å². The first-order chi connectivity index (χ1) is 12.1. The van der Waals surface area contributed by atoms with Gasteiger partial charge < -0.3 is 4.74 Å². The Morgan fingerprint density at radius 3 is 1.70 bits per heavy atom. The fourth-order valence-electron chi connectivity index (χ4n) is 3.10. The lowest BCUT2D eigenvalue weighted by Gasteiger charge is -2.29. The van der Waals surface area contributed by atoms with E-state index >= 15 is 0 Å². The summed E-state index contributed by atoms with van der Waals surface area (Å²) in [7, 11) is 1.74. The van der Waals surface area contributed by atoms with Crippen LogP contribution in [0.4, 0.5) is 0 Å². The van der Waals surface area contributed by atoms with Gasteiger partial charge in [-0.3, -0.25) is 0 Å². The van der Waals surface area contributed by atoms with Crippen LogP contribution in [0, 0.1) is 0 Å². The summed E-state index contributed by atoms with van der Waals surface area (Å²) in [4.78, 5) is 4.66. The molecule has 3 heteroatoms. The number of benzene rings is 1. The molecule has 0 aliphatic carbocycles. The van der Waals surface area contributed by atoms with Gasteiger partial charge >= 0.3 is 0 Å². The summed E-state index contributed by atoms with van der Waals surface area (Å²) in [6, 6.07) is 8.58. The van der Waals surface area contributed by atoms with Crippen LogP contribution in [0.5, 0.6) is 5.75 Å². The predicted octanol–water partition coefficient (Wildman–Crippen LogP) is 7.30. The molecular formula is C24H34ClNO. The quantitative estimate of drug-likeness (QED) is 0.504. The van der Waals surface area contributed by atoms with Crippen molar-refractivity contribution in [3.05, 3.63) is 46.1 Å². The first-order valence-corrected chi connectivity index (χ1v) is 9.94. The Morgan fingerprint density at radius 2 is 1.26 bits per heavy atom. The van der Waals surface area contributed by atoms with Gasteiger partial charge in [-0.25, -0.2) is 4.98 Å². The lowest BCUT2D eigenvalue weighted by molar-refractivity contribution is 0.398. The molecule has 0 radical (unpaired) electrons. The van der Waals surface area contributed by atoms with Crippen LogP contribution in [0.25, 0.3) is 11.3 Å².